The van der Waals surface area contributed by atoms with Crippen LogP contribution in [0, 0.1) is 0 Å². The second kappa shape index (κ2) is 8.35. The summed E-state index contributed by atoms with van der Waals surface area (Å²) in [5.74, 6) is -2.23. The number of carboxylic acid groups (broad SMARTS) is 1. The van der Waals surface area contributed by atoms with Crippen molar-refractivity contribution in [2.75, 3.05) is 13.2 Å². The Kier molecular flexibility index (Phi) is 5.84. The average molecular weight is 496 g/mol. The normalized spacial score (nSPS) is 30.8. The topological polar surface area (TPSA) is 181 Å². The average Bonchev–Trinajstić information content (AvgIpc) is 3.26. The summed E-state index contributed by atoms with van der Waals surface area (Å²) in [5, 5.41) is 15.4. The summed E-state index contributed by atoms with van der Waals surface area (Å²) in [5.41, 5.74) is 6.26. The second-order valence-corrected chi connectivity index (χ2v) is 11.3. The van der Waals surface area contributed by atoms with Gasteiger partial charge in [-0.3, -0.25) is 9.78 Å². The molecule has 0 aromatic carbocycles. The Labute approximate surface area is 193 Å². The summed E-state index contributed by atoms with van der Waals surface area (Å²) in [6.45, 7) is 0.473. The minimum atomic E-state index is -4.28. The van der Waals surface area contributed by atoms with Crippen LogP contribution in [0.15, 0.2) is 41.1 Å². The third-order valence-corrected chi connectivity index (χ3v) is 9.16. The van der Waals surface area contributed by atoms with Crippen molar-refractivity contribution in [3.63, 3.8) is 0 Å². The number of rotatable bonds is 6. The first-order valence-electron chi connectivity index (χ1n) is 9.75. The van der Waals surface area contributed by atoms with Gasteiger partial charge in [-0.15, -0.1) is 0 Å². The minimum absolute atomic E-state index is 0.0650. The molecule has 4 rings (SSSR count). The monoisotopic (exact) mass is 495 g/mol. The van der Waals surface area contributed by atoms with Crippen molar-refractivity contribution in [3.05, 3.63) is 46.8 Å². The van der Waals surface area contributed by atoms with Gasteiger partial charge < -0.3 is 31.1 Å². The largest absolute Gasteiger partial charge is 0.480 e. The van der Waals surface area contributed by atoms with E-state index >= 15 is 0 Å². The molecule has 0 radical (unpaired) electrons. The molecule has 0 bridgehead atoms. The third kappa shape index (κ3) is 3.83. The number of thioether (sulfide) groups is 1. The fraction of sp³-hybridized carbons (Fsp3) is 0.368. The molecule has 5 N–H and O–H groups in total. The van der Waals surface area contributed by atoms with Crippen molar-refractivity contribution in [3.8, 4) is 0 Å². The standard InChI is InChI=1S/C19H21N5O7S2/c1-19(9-31-18(28)22-7-11-8-32-17(20)23-11)13(16(26)27)24-14(25)12(15(24)33(19,29)30)6-10-4-2-3-5-21-10/h2-6,8,13,15,17,23H,7,9,20H2,1H3,(H,22,28)(H,26,27)/t13-,15+,17?,19-/m0/s1. The van der Waals surface area contributed by atoms with E-state index in [1.54, 1.807) is 23.6 Å². The molecule has 2 saturated heterocycles. The molecule has 0 spiro atoms. The quantitative estimate of drug-likeness (QED) is 0.293. The number of ether oxygens (including phenoxy) is 1. The Morgan fingerprint density at radius 3 is 2.82 bits per heavy atom. The van der Waals surface area contributed by atoms with Gasteiger partial charge in [0.25, 0.3) is 5.91 Å². The summed E-state index contributed by atoms with van der Waals surface area (Å²) in [4.78, 5) is 41.7. The van der Waals surface area contributed by atoms with Crippen LogP contribution in [0.5, 0.6) is 0 Å². The van der Waals surface area contributed by atoms with E-state index in [1.165, 1.54) is 24.0 Å². The van der Waals surface area contributed by atoms with Gasteiger partial charge in [0.05, 0.1) is 17.8 Å². The van der Waals surface area contributed by atoms with Crippen LogP contribution in [0.3, 0.4) is 0 Å². The maximum atomic E-state index is 13.4. The number of nitrogens with zero attached hydrogens (tertiary/aromatic N) is 2. The zero-order chi connectivity index (χ0) is 24.0. The first-order valence-corrected chi connectivity index (χ1v) is 12.2. The molecule has 4 heterocycles. The highest BCUT2D eigenvalue weighted by molar-refractivity contribution is 8.02. The van der Waals surface area contributed by atoms with E-state index < -0.39 is 50.6 Å². The molecule has 0 saturated carbocycles. The zero-order valence-electron chi connectivity index (χ0n) is 17.3. The van der Waals surface area contributed by atoms with E-state index in [9.17, 15) is 27.9 Å². The molecule has 0 aliphatic carbocycles. The van der Waals surface area contributed by atoms with E-state index in [0.29, 0.717) is 11.4 Å². The Balaban J connectivity index is 1.53. The number of carboxylic acids is 1. The molecule has 12 nitrogen and oxygen atoms in total. The van der Waals surface area contributed by atoms with E-state index in [2.05, 4.69) is 15.6 Å². The fourth-order valence-corrected chi connectivity index (χ4v) is 6.90. The van der Waals surface area contributed by atoms with E-state index in [4.69, 9.17) is 10.5 Å². The number of β-lactam (4-membered cyclic amide) rings is 1. The van der Waals surface area contributed by atoms with E-state index in [0.717, 1.165) is 11.8 Å². The summed E-state index contributed by atoms with van der Waals surface area (Å²) in [6, 6.07) is 3.20. The number of aromatic nitrogens is 1. The molecule has 4 atom stereocenters. The van der Waals surface area contributed by atoms with Gasteiger partial charge in [0.1, 0.15) is 16.9 Å². The maximum Gasteiger partial charge on any atom is 0.407 e. The van der Waals surface area contributed by atoms with Crippen LogP contribution in [-0.2, 0) is 24.2 Å². The van der Waals surface area contributed by atoms with Crippen LogP contribution in [0.25, 0.3) is 6.08 Å². The molecule has 2 amide bonds. The number of hydrogen-bond donors (Lipinski definition) is 4. The number of nitrogens with one attached hydrogen (secondary N) is 2. The van der Waals surface area contributed by atoms with Crippen molar-refractivity contribution in [2.45, 2.75) is 28.6 Å². The number of amides is 2. The molecule has 3 aliphatic heterocycles. The van der Waals surface area contributed by atoms with Crippen molar-refractivity contribution >= 4 is 45.6 Å². The molecule has 3 aliphatic rings. The number of sulfone groups is 1. The van der Waals surface area contributed by atoms with Gasteiger partial charge in [-0.25, -0.2) is 18.0 Å². The molecule has 2 fully saturated rings. The Morgan fingerprint density at radius 2 is 2.21 bits per heavy atom. The zero-order valence-corrected chi connectivity index (χ0v) is 18.9. The lowest BCUT2D eigenvalue weighted by Gasteiger charge is -2.37. The lowest BCUT2D eigenvalue weighted by atomic mass is 9.94. The summed E-state index contributed by atoms with van der Waals surface area (Å²) < 4.78 is 29.8. The Morgan fingerprint density at radius 1 is 1.45 bits per heavy atom. The van der Waals surface area contributed by atoms with Crippen LogP contribution in [0.2, 0.25) is 0 Å². The number of carbonyl (C=O) groups excluding carboxylic acids is 2. The van der Waals surface area contributed by atoms with E-state index in [-0.39, 0.29) is 17.6 Å². The number of hydrogen-bond acceptors (Lipinski definition) is 10. The minimum Gasteiger partial charge on any atom is -0.480 e. The molecule has 1 aromatic heterocycles. The van der Waals surface area contributed by atoms with Crippen LogP contribution >= 0.6 is 11.8 Å². The number of aliphatic carboxylic acids is 1. The molecular weight excluding hydrogens is 474 g/mol. The highest BCUT2D eigenvalue weighted by Crippen LogP contribution is 2.49. The van der Waals surface area contributed by atoms with Gasteiger partial charge in [0, 0.05) is 11.9 Å². The molecule has 14 heteroatoms. The lowest BCUT2D eigenvalue weighted by molar-refractivity contribution is -0.153. The highest BCUT2D eigenvalue weighted by Gasteiger charge is 2.72. The summed E-state index contributed by atoms with van der Waals surface area (Å²) >= 11 is 1.32. The number of nitrogens with two attached hydrogens (primary N) is 1. The molecule has 176 valence electrons. The summed E-state index contributed by atoms with van der Waals surface area (Å²) in [7, 11) is -4.28. The predicted octanol–water partition coefficient (Wildman–Crippen LogP) is -0.580. The van der Waals surface area contributed by atoms with Gasteiger partial charge in [-0.1, -0.05) is 17.8 Å². The van der Waals surface area contributed by atoms with Gasteiger partial charge >= 0.3 is 12.1 Å². The highest BCUT2D eigenvalue weighted by atomic mass is 32.2. The van der Waals surface area contributed by atoms with Crippen LogP contribution in [0.4, 0.5) is 4.79 Å². The smallest absolute Gasteiger partial charge is 0.407 e. The molecule has 1 unspecified atom stereocenters. The first-order chi connectivity index (χ1) is 15.6. The van der Waals surface area contributed by atoms with Gasteiger partial charge in [-0.2, -0.15) is 0 Å². The number of carbonyl (C=O) groups is 3. The van der Waals surface area contributed by atoms with Crippen LogP contribution in [-0.4, -0.2) is 76.2 Å². The van der Waals surface area contributed by atoms with Gasteiger partial charge in [-0.05, 0) is 30.5 Å². The SMILES string of the molecule is C[C@]1(COC(=O)NCC2=CSC(N)N2)[C@H](C(=O)O)N2C(=O)C(=Cc3ccccn3)[C@H]2S1(=O)=O. The van der Waals surface area contributed by atoms with Crippen molar-refractivity contribution in [1.82, 2.24) is 20.5 Å². The molecule has 1 aromatic rings. The summed E-state index contributed by atoms with van der Waals surface area (Å²) in [6.07, 6.45) is 1.87. The fourth-order valence-electron chi connectivity index (χ4n) is 3.94. The Hall–Kier alpha value is -3.10. The lowest BCUT2D eigenvalue weighted by Crippen LogP contribution is -2.59. The van der Waals surface area contributed by atoms with Crippen LogP contribution < -0.4 is 16.4 Å². The maximum absolute atomic E-state index is 13.4. The van der Waals surface area contributed by atoms with E-state index in [1.807, 2.05) is 0 Å². The van der Waals surface area contributed by atoms with Crippen LogP contribution in [0.1, 0.15) is 12.6 Å². The second-order valence-electron chi connectivity index (χ2n) is 7.79. The molecular formula is C19H21N5O7S2. The molecule has 33 heavy (non-hydrogen) atoms. The number of alkyl carbamates (subject to hydrolysis) is 1. The van der Waals surface area contributed by atoms with Gasteiger partial charge in [0.15, 0.2) is 21.3 Å². The predicted molar refractivity (Wildman–Crippen MR) is 118 cm³/mol. The third-order valence-electron chi connectivity index (χ3n) is 5.62. The van der Waals surface area contributed by atoms with Crippen molar-refractivity contribution < 1.29 is 32.6 Å². The van der Waals surface area contributed by atoms with Crippen molar-refractivity contribution in [2.24, 2.45) is 5.73 Å². The number of pyridine rings is 1. The first kappa shape index (κ1) is 23.1. The number of fused-ring (bicyclic) bond motifs is 1. The Bertz CT molecular complexity index is 1170. The van der Waals surface area contributed by atoms with Gasteiger partial charge in [0.2, 0.25) is 0 Å². The van der Waals surface area contributed by atoms with Crippen molar-refractivity contribution in [1.29, 1.82) is 0 Å².